The Balaban J connectivity index is 2.11. The molecule has 4 heteroatoms. The van der Waals surface area contributed by atoms with Crippen molar-refractivity contribution in [1.82, 2.24) is 4.90 Å². The van der Waals surface area contributed by atoms with Crippen molar-refractivity contribution >= 4 is 11.6 Å². The van der Waals surface area contributed by atoms with Crippen LogP contribution < -0.4 is 10.1 Å². The number of amides is 1. The van der Waals surface area contributed by atoms with E-state index < -0.39 is 0 Å². The molecule has 22 heavy (non-hydrogen) atoms. The lowest BCUT2D eigenvalue weighted by atomic mass is 10.1. The summed E-state index contributed by atoms with van der Waals surface area (Å²) in [4.78, 5) is 13.5. The summed E-state index contributed by atoms with van der Waals surface area (Å²) < 4.78 is 5.36. The van der Waals surface area contributed by atoms with E-state index >= 15 is 0 Å². The fourth-order valence-corrected chi connectivity index (χ4v) is 2.21. The Morgan fingerprint density at radius 2 is 1.68 bits per heavy atom. The van der Waals surface area contributed by atoms with Crippen molar-refractivity contribution in [3.8, 4) is 5.75 Å². The molecule has 0 unspecified atom stereocenters. The van der Waals surface area contributed by atoms with E-state index in [4.69, 9.17) is 4.74 Å². The summed E-state index contributed by atoms with van der Waals surface area (Å²) in [7, 11) is 5.21. The first kappa shape index (κ1) is 15.9. The third kappa shape index (κ3) is 4.01. The fourth-order valence-electron chi connectivity index (χ4n) is 2.21. The number of carbonyl (C=O) groups is 1. The SMILES string of the molecule is COc1ccccc1CNc1ccccc1CC(=O)N(C)C. The molecule has 0 radical (unpaired) electrons. The molecule has 116 valence electrons. The van der Waals surface area contributed by atoms with Gasteiger partial charge >= 0.3 is 0 Å². The quantitative estimate of drug-likeness (QED) is 0.891. The molecule has 0 aliphatic heterocycles. The monoisotopic (exact) mass is 298 g/mol. The molecule has 0 saturated heterocycles. The van der Waals surface area contributed by atoms with Crippen molar-refractivity contribution in [2.75, 3.05) is 26.5 Å². The summed E-state index contributed by atoms with van der Waals surface area (Å²) in [5, 5.41) is 3.40. The second kappa shape index (κ2) is 7.50. The van der Waals surface area contributed by atoms with Crippen molar-refractivity contribution in [3.05, 3.63) is 59.7 Å². The van der Waals surface area contributed by atoms with Gasteiger partial charge in [-0.05, 0) is 17.7 Å². The van der Waals surface area contributed by atoms with E-state index in [0.29, 0.717) is 13.0 Å². The molecular weight excluding hydrogens is 276 g/mol. The normalized spacial score (nSPS) is 10.1. The molecule has 1 amide bonds. The van der Waals surface area contributed by atoms with Gasteiger partial charge in [-0.25, -0.2) is 0 Å². The minimum atomic E-state index is 0.0894. The first-order chi connectivity index (χ1) is 10.6. The number of hydrogen-bond donors (Lipinski definition) is 1. The number of carbonyl (C=O) groups excluding carboxylic acids is 1. The van der Waals surface area contributed by atoms with Crippen LogP contribution in [0.15, 0.2) is 48.5 Å². The molecule has 0 bridgehead atoms. The van der Waals surface area contributed by atoms with E-state index in [1.54, 1.807) is 26.1 Å². The van der Waals surface area contributed by atoms with E-state index in [-0.39, 0.29) is 5.91 Å². The smallest absolute Gasteiger partial charge is 0.226 e. The first-order valence-corrected chi connectivity index (χ1v) is 7.25. The maximum Gasteiger partial charge on any atom is 0.226 e. The van der Waals surface area contributed by atoms with Gasteiger partial charge in [0.1, 0.15) is 5.75 Å². The molecule has 2 aromatic rings. The van der Waals surface area contributed by atoms with E-state index in [1.807, 2.05) is 48.5 Å². The number of para-hydroxylation sites is 2. The van der Waals surface area contributed by atoms with Crippen molar-refractivity contribution in [3.63, 3.8) is 0 Å². The van der Waals surface area contributed by atoms with Crippen LogP contribution in [0.2, 0.25) is 0 Å². The number of nitrogens with one attached hydrogen (secondary N) is 1. The fraction of sp³-hybridized carbons (Fsp3) is 0.278. The average Bonchev–Trinajstić information content (AvgIpc) is 2.54. The standard InChI is InChI=1S/C18H22N2O2/c1-20(2)18(21)12-14-8-4-6-10-16(14)19-13-15-9-5-7-11-17(15)22-3/h4-11,19H,12-13H2,1-3H3. The summed E-state index contributed by atoms with van der Waals surface area (Å²) in [5.41, 5.74) is 3.05. The highest BCUT2D eigenvalue weighted by Gasteiger charge is 2.10. The lowest BCUT2D eigenvalue weighted by molar-refractivity contribution is -0.127. The van der Waals surface area contributed by atoms with E-state index in [1.165, 1.54) is 0 Å². The Bertz CT molecular complexity index is 638. The van der Waals surface area contributed by atoms with Gasteiger partial charge in [-0.1, -0.05) is 36.4 Å². The van der Waals surface area contributed by atoms with Crippen LogP contribution in [0, 0.1) is 0 Å². The van der Waals surface area contributed by atoms with Crippen molar-refractivity contribution in [2.24, 2.45) is 0 Å². The summed E-state index contributed by atoms with van der Waals surface area (Å²) in [6.07, 6.45) is 0.391. The van der Waals surface area contributed by atoms with Crippen LogP contribution in [-0.4, -0.2) is 32.0 Å². The molecule has 0 atom stereocenters. The van der Waals surface area contributed by atoms with Crippen LogP contribution >= 0.6 is 0 Å². The largest absolute Gasteiger partial charge is 0.496 e. The molecule has 0 aliphatic carbocycles. The predicted octanol–water partition coefficient (Wildman–Crippen LogP) is 2.94. The average molecular weight is 298 g/mol. The summed E-state index contributed by atoms with van der Waals surface area (Å²) in [5.74, 6) is 0.948. The molecule has 2 rings (SSSR count). The molecular formula is C18H22N2O2. The van der Waals surface area contributed by atoms with Crippen molar-refractivity contribution in [2.45, 2.75) is 13.0 Å². The first-order valence-electron chi connectivity index (χ1n) is 7.25. The van der Waals surface area contributed by atoms with Crippen LogP contribution in [-0.2, 0) is 17.8 Å². The van der Waals surface area contributed by atoms with Gasteiger partial charge in [0.25, 0.3) is 0 Å². The molecule has 2 aromatic carbocycles. The second-order valence-electron chi connectivity index (χ2n) is 5.29. The number of rotatable bonds is 6. The third-order valence-corrected chi connectivity index (χ3v) is 3.52. The van der Waals surface area contributed by atoms with Gasteiger partial charge in [0.15, 0.2) is 0 Å². The summed E-state index contributed by atoms with van der Waals surface area (Å²) >= 11 is 0. The zero-order valence-electron chi connectivity index (χ0n) is 13.3. The summed E-state index contributed by atoms with van der Waals surface area (Å²) in [6, 6.07) is 15.8. The molecule has 0 fully saturated rings. The Hall–Kier alpha value is -2.49. The second-order valence-corrected chi connectivity index (χ2v) is 5.29. The zero-order valence-corrected chi connectivity index (χ0v) is 13.3. The van der Waals surface area contributed by atoms with Gasteiger partial charge in [0.2, 0.25) is 5.91 Å². The third-order valence-electron chi connectivity index (χ3n) is 3.52. The molecule has 4 nitrogen and oxygen atoms in total. The van der Waals surface area contributed by atoms with Gasteiger partial charge in [-0.15, -0.1) is 0 Å². The molecule has 0 aromatic heterocycles. The molecule has 0 saturated carbocycles. The summed E-state index contributed by atoms with van der Waals surface area (Å²) in [6.45, 7) is 0.650. The highest BCUT2D eigenvalue weighted by Crippen LogP contribution is 2.21. The number of methoxy groups -OCH3 is 1. The maximum atomic E-state index is 11.9. The lowest BCUT2D eigenvalue weighted by Crippen LogP contribution is -2.23. The lowest BCUT2D eigenvalue weighted by Gasteiger charge is -2.15. The molecule has 1 N–H and O–H groups in total. The molecule has 0 heterocycles. The predicted molar refractivity (Wildman–Crippen MR) is 89.2 cm³/mol. The number of nitrogens with zero attached hydrogens (tertiary/aromatic N) is 1. The number of benzene rings is 2. The Labute approximate surface area is 131 Å². The van der Waals surface area contributed by atoms with Crippen LogP contribution in [0.4, 0.5) is 5.69 Å². The number of hydrogen-bond acceptors (Lipinski definition) is 3. The van der Waals surface area contributed by atoms with Crippen LogP contribution in [0.3, 0.4) is 0 Å². The van der Waals surface area contributed by atoms with Gasteiger partial charge in [0.05, 0.1) is 13.5 Å². The van der Waals surface area contributed by atoms with Gasteiger partial charge < -0.3 is 15.0 Å². The van der Waals surface area contributed by atoms with Crippen molar-refractivity contribution in [1.29, 1.82) is 0 Å². The van der Waals surface area contributed by atoms with Gasteiger partial charge in [0, 0.05) is 31.9 Å². The highest BCUT2D eigenvalue weighted by atomic mass is 16.5. The van der Waals surface area contributed by atoms with E-state index in [2.05, 4.69) is 5.32 Å². The van der Waals surface area contributed by atoms with Crippen molar-refractivity contribution < 1.29 is 9.53 Å². The molecule has 0 spiro atoms. The van der Waals surface area contributed by atoms with Gasteiger partial charge in [-0.3, -0.25) is 4.79 Å². The number of likely N-dealkylation sites (N-methyl/N-ethyl adjacent to an activating group) is 1. The Morgan fingerprint density at radius 3 is 2.36 bits per heavy atom. The van der Waals surface area contributed by atoms with E-state index in [0.717, 1.165) is 22.6 Å². The molecule has 0 aliphatic rings. The zero-order chi connectivity index (χ0) is 15.9. The Morgan fingerprint density at radius 1 is 1.05 bits per heavy atom. The van der Waals surface area contributed by atoms with Crippen LogP contribution in [0.25, 0.3) is 0 Å². The maximum absolute atomic E-state index is 11.9. The van der Waals surface area contributed by atoms with Gasteiger partial charge in [-0.2, -0.15) is 0 Å². The van der Waals surface area contributed by atoms with E-state index in [9.17, 15) is 4.79 Å². The Kier molecular flexibility index (Phi) is 5.42. The minimum Gasteiger partial charge on any atom is -0.496 e. The number of ether oxygens (including phenoxy) is 1. The topological polar surface area (TPSA) is 41.6 Å². The minimum absolute atomic E-state index is 0.0894. The number of anilines is 1. The highest BCUT2D eigenvalue weighted by molar-refractivity contribution is 5.80. The van der Waals surface area contributed by atoms with Crippen LogP contribution in [0.1, 0.15) is 11.1 Å². The van der Waals surface area contributed by atoms with Crippen LogP contribution in [0.5, 0.6) is 5.75 Å².